The Labute approximate surface area is 83.9 Å². The second kappa shape index (κ2) is 5.42. The lowest BCUT2D eigenvalue weighted by atomic mass is 10.4. The minimum absolute atomic E-state index is 0.454. The molecule has 78 valence electrons. The lowest BCUT2D eigenvalue weighted by molar-refractivity contribution is 0.111. The molecule has 1 rings (SSSR count). The molecule has 0 atom stereocenters. The molecule has 0 amide bonds. The molecule has 0 unspecified atom stereocenters. The Morgan fingerprint density at radius 2 is 2.29 bits per heavy atom. The summed E-state index contributed by atoms with van der Waals surface area (Å²) in [5, 5.41) is 4.17. The Kier molecular flexibility index (Phi) is 4.16. The van der Waals surface area contributed by atoms with Gasteiger partial charge >= 0.3 is 0 Å². The van der Waals surface area contributed by atoms with Gasteiger partial charge in [-0.1, -0.05) is 13.8 Å². The second-order valence-electron chi connectivity index (χ2n) is 3.12. The fourth-order valence-electron chi connectivity index (χ4n) is 1.15. The molecule has 0 aliphatic carbocycles. The van der Waals surface area contributed by atoms with E-state index in [4.69, 9.17) is 4.74 Å². The van der Waals surface area contributed by atoms with Gasteiger partial charge in [0.25, 0.3) is 0 Å². The fraction of sp³-hybridized carbons (Fsp3) is 0.600. The van der Waals surface area contributed by atoms with Crippen LogP contribution in [0.3, 0.4) is 0 Å². The summed E-state index contributed by atoms with van der Waals surface area (Å²) in [6.07, 6.45) is 4.41. The van der Waals surface area contributed by atoms with Crippen LogP contribution in [0, 0.1) is 0 Å². The van der Waals surface area contributed by atoms with E-state index in [9.17, 15) is 4.79 Å². The average molecular weight is 196 g/mol. The zero-order valence-corrected chi connectivity index (χ0v) is 8.69. The minimum atomic E-state index is 0.454. The molecule has 0 bridgehead atoms. The van der Waals surface area contributed by atoms with Crippen LogP contribution in [-0.4, -0.2) is 22.7 Å². The molecule has 0 N–H and O–H groups in total. The van der Waals surface area contributed by atoms with E-state index in [0.717, 1.165) is 25.7 Å². The summed E-state index contributed by atoms with van der Waals surface area (Å²) in [5.74, 6) is 0.454. The van der Waals surface area contributed by atoms with Crippen LogP contribution in [-0.2, 0) is 6.54 Å². The van der Waals surface area contributed by atoms with Crippen LogP contribution in [0.4, 0.5) is 0 Å². The van der Waals surface area contributed by atoms with Crippen LogP contribution in [0.15, 0.2) is 6.20 Å². The Morgan fingerprint density at radius 1 is 1.50 bits per heavy atom. The summed E-state index contributed by atoms with van der Waals surface area (Å²) in [5.41, 5.74) is 0.534. The normalized spacial score (nSPS) is 10.1. The van der Waals surface area contributed by atoms with Crippen molar-refractivity contribution in [2.45, 2.75) is 33.2 Å². The molecule has 0 aliphatic heterocycles. The van der Waals surface area contributed by atoms with Gasteiger partial charge in [-0.3, -0.25) is 9.48 Å². The number of rotatable bonds is 6. The molecule has 14 heavy (non-hydrogen) atoms. The summed E-state index contributed by atoms with van der Waals surface area (Å²) in [4.78, 5) is 10.7. The first kappa shape index (κ1) is 10.8. The van der Waals surface area contributed by atoms with E-state index < -0.39 is 0 Å². The molecule has 1 aromatic rings. The number of aryl methyl sites for hydroxylation is 1. The summed E-state index contributed by atoms with van der Waals surface area (Å²) in [6.45, 7) is 5.50. The number of ether oxygens (including phenoxy) is 1. The quantitative estimate of drug-likeness (QED) is 0.653. The van der Waals surface area contributed by atoms with Crippen molar-refractivity contribution < 1.29 is 9.53 Å². The lowest BCUT2D eigenvalue weighted by Crippen LogP contribution is -2.00. The maximum absolute atomic E-state index is 10.7. The fourth-order valence-corrected chi connectivity index (χ4v) is 1.15. The van der Waals surface area contributed by atoms with Crippen LogP contribution < -0.4 is 4.74 Å². The number of hydrogen-bond acceptors (Lipinski definition) is 3. The van der Waals surface area contributed by atoms with Crippen molar-refractivity contribution in [1.29, 1.82) is 0 Å². The standard InChI is InChI=1S/C10H16N2O2/c1-3-5-12-7-9(8-13)10(11-12)14-6-4-2/h7-8H,3-6H2,1-2H3. The Balaban J connectivity index is 2.74. The third-order valence-corrected chi connectivity index (χ3v) is 1.78. The van der Waals surface area contributed by atoms with Gasteiger partial charge in [0.05, 0.1) is 12.2 Å². The maximum atomic E-state index is 10.7. The highest BCUT2D eigenvalue weighted by atomic mass is 16.5. The highest BCUT2D eigenvalue weighted by Crippen LogP contribution is 2.13. The van der Waals surface area contributed by atoms with E-state index >= 15 is 0 Å². The molecule has 4 nitrogen and oxygen atoms in total. The molecule has 0 fully saturated rings. The van der Waals surface area contributed by atoms with E-state index in [1.165, 1.54) is 0 Å². The first-order valence-electron chi connectivity index (χ1n) is 4.97. The van der Waals surface area contributed by atoms with Gasteiger partial charge in [0.15, 0.2) is 6.29 Å². The smallest absolute Gasteiger partial charge is 0.243 e. The number of carbonyl (C=O) groups excluding carboxylic acids is 1. The molecule has 1 aromatic heterocycles. The molecule has 0 aromatic carbocycles. The van der Waals surface area contributed by atoms with Gasteiger partial charge in [-0.2, -0.15) is 0 Å². The van der Waals surface area contributed by atoms with Crippen molar-refractivity contribution in [3.8, 4) is 5.88 Å². The van der Waals surface area contributed by atoms with Gasteiger partial charge in [0.2, 0.25) is 5.88 Å². The summed E-state index contributed by atoms with van der Waals surface area (Å²) in [7, 11) is 0. The van der Waals surface area contributed by atoms with Crippen molar-refractivity contribution in [1.82, 2.24) is 9.78 Å². The molecule has 0 aliphatic rings. The number of aldehydes is 1. The van der Waals surface area contributed by atoms with E-state index in [0.29, 0.717) is 18.1 Å². The van der Waals surface area contributed by atoms with Gasteiger partial charge in [-0.25, -0.2) is 0 Å². The molecule has 0 radical (unpaired) electrons. The first-order valence-corrected chi connectivity index (χ1v) is 4.97. The number of aromatic nitrogens is 2. The predicted octanol–water partition coefficient (Wildman–Crippen LogP) is 1.89. The summed E-state index contributed by atoms with van der Waals surface area (Å²) in [6, 6.07) is 0. The van der Waals surface area contributed by atoms with E-state index in [1.807, 2.05) is 6.92 Å². The Morgan fingerprint density at radius 3 is 2.86 bits per heavy atom. The monoisotopic (exact) mass is 196 g/mol. The van der Waals surface area contributed by atoms with Gasteiger partial charge < -0.3 is 4.74 Å². The van der Waals surface area contributed by atoms with Crippen molar-refractivity contribution >= 4 is 6.29 Å². The first-order chi connectivity index (χ1) is 6.81. The molecule has 0 saturated heterocycles. The highest BCUT2D eigenvalue weighted by molar-refractivity contribution is 5.77. The molecule has 0 spiro atoms. The molecular weight excluding hydrogens is 180 g/mol. The van der Waals surface area contributed by atoms with Crippen molar-refractivity contribution in [2.24, 2.45) is 0 Å². The van der Waals surface area contributed by atoms with E-state index in [-0.39, 0.29) is 0 Å². The zero-order chi connectivity index (χ0) is 10.4. The van der Waals surface area contributed by atoms with Crippen LogP contribution >= 0.6 is 0 Å². The van der Waals surface area contributed by atoms with Crippen molar-refractivity contribution in [3.63, 3.8) is 0 Å². The largest absolute Gasteiger partial charge is 0.476 e. The average Bonchev–Trinajstić information content (AvgIpc) is 2.58. The number of carbonyl (C=O) groups is 1. The number of nitrogens with zero attached hydrogens (tertiary/aromatic N) is 2. The third-order valence-electron chi connectivity index (χ3n) is 1.78. The van der Waals surface area contributed by atoms with Crippen molar-refractivity contribution in [3.05, 3.63) is 11.8 Å². The maximum Gasteiger partial charge on any atom is 0.243 e. The van der Waals surface area contributed by atoms with E-state index in [2.05, 4.69) is 12.0 Å². The highest BCUT2D eigenvalue weighted by Gasteiger charge is 2.08. The SMILES string of the molecule is CCCOc1nn(CCC)cc1C=O. The Bertz CT molecular complexity index is 294. The zero-order valence-electron chi connectivity index (χ0n) is 8.69. The minimum Gasteiger partial charge on any atom is -0.476 e. The summed E-state index contributed by atoms with van der Waals surface area (Å²) >= 11 is 0. The number of hydrogen-bond donors (Lipinski definition) is 0. The molecule has 4 heteroatoms. The molecular formula is C10H16N2O2. The van der Waals surface area contributed by atoms with Crippen LogP contribution in [0.5, 0.6) is 5.88 Å². The van der Waals surface area contributed by atoms with Crippen LogP contribution in [0.2, 0.25) is 0 Å². The predicted molar refractivity (Wildman–Crippen MR) is 53.7 cm³/mol. The molecule has 0 saturated carbocycles. The van der Waals surface area contributed by atoms with E-state index in [1.54, 1.807) is 10.9 Å². The van der Waals surface area contributed by atoms with Gasteiger partial charge in [-0.05, 0) is 12.8 Å². The van der Waals surface area contributed by atoms with Crippen LogP contribution in [0.1, 0.15) is 37.0 Å². The van der Waals surface area contributed by atoms with Gasteiger partial charge in [0.1, 0.15) is 0 Å². The second-order valence-corrected chi connectivity index (χ2v) is 3.12. The lowest BCUT2D eigenvalue weighted by Gasteiger charge is -1.99. The molecule has 1 heterocycles. The Hall–Kier alpha value is -1.32. The van der Waals surface area contributed by atoms with Crippen LogP contribution in [0.25, 0.3) is 0 Å². The topological polar surface area (TPSA) is 44.1 Å². The summed E-state index contributed by atoms with van der Waals surface area (Å²) < 4.78 is 7.09. The van der Waals surface area contributed by atoms with Gasteiger partial charge in [0, 0.05) is 12.7 Å². The third kappa shape index (κ3) is 2.58. The van der Waals surface area contributed by atoms with Gasteiger partial charge in [-0.15, -0.1) is 5.10 Å². The van der Waals surface area contributed by atoms with Crippen molar-refractivity contribution in [2.75, 3.05) is 6.61 Å².